The molecule has 3 aliphatic heterocycles. The molecule has 0 aliphatic carbocycles. The lowest BCUT2D eigenvalue weighted by Gasteiger charge is -2.44. The first kappa shape index (κ1) is 18.4. The van der Waals surface area contributed by atoms with Crippen LogP contribution in [0, 0.1) is 0 Å². The zero-order valence-corrected chi connectivity index (χ0v) is 14.6. The van der Waals surface area contributed by atoms with Crippen LogP contribution < -0.4 is 10.6 Å². The zero-order valence-electron chi connectivity index (χ0n) is 14.6. The smallest absolute Gasteiger partial charge is 0.325 e. The Morgan fingerprint density at radius 3 is 2.50 bits per heavy atom. The summed E-state index contributed by atoms with van der Waals surface area (Å²) in [6.07, 6.45) is 4.39. The van der Waals surface area contributed by atoms with Gasteiger partial charge >= 0.3 is 6.03 Å². The monoisotopic (exact) mass is 364 g/mol. The second-order valence-corrected chi connectivity index (χ2v) is 7.30. The summed E-state index contributed by atoms with van der Waals surface area (Å²) in [5.74, 6) is -0.835. The van der Waals surface area contributed by atoms with E-state index in [-0.39, 0.29) is 37.6 Å². The van der Waals surface area contributed by atoms with Crippen LogP contribution in [0.15, 0.2) is 12.7 Å². The Balaban J connectivity index is 1.52. The van der Waals surface area contributed by atoms with Gasteiger partial charge in [-0.2, -0.15) is 0 Å². The number of piperidine rings is 1. The second-order valence-electron chi connectivity index (χ2n) is 7.30. The van der Waals surface area contributed by atoms with E-state index in [0.717, 1.165) is 17.7 Å². The Morgan fingerprint density at radius 2 is 1.96 bits per heavy atom. The summed E-state index contributed by atoms with van der Waals surface area (Å²) >= 11 is 0. The zero-order chi connectivity index (χ0) is 18.9. The molecule has 5 amide bonds. The fourth-order valence-electron chi connectivity index (χ4n) is 4.21. The first-order chi connectivity index (χ1) is 12.3. The van der Waals surface area contributed by atoms with Gasteiger partial charge in [0.2, 0.25) is 17.7 Å². The molecule has 0 saturated carbocycles. The molecule has 2 bridgehead atoms. The van der Waals surface area contributed by atoms with E-state index >= 15 is 0 Å². The van der Waals surface area contributed by atoms with Crippen LogP contribution in [0.2, 0.25) is 0 Å². The average molecular weight is 364 g/mol. The Kier molecular flexibility index (Phi) is 4.99. The maximum Gasteiger partial charge on any atom is 0.325 e. The summed E-state index contributed by atoms with van der Waals surface area (Å²) in [6, 6.07) is -0.633. The molecule has 3 fully saturated rings. The molecular weight excluding hydrogens is 340 g/mol. The second kappa shape index (κ2) is 7.06. The van der Waals surface area contributed by atoms with E-state index in [0.29, 0.717) is 19.3 Å². The maximum absolute atomic E-state index is 12.2. The summed E-state index contributed by atoms with van der Waals surface area (Å²) in [5, 5.41) is 15.6. The molecule has 0 spiro atoms. The van der Waals surface area contributed by atoms with Crippen LogP contribution in [-0.4, -0.2) is 76.0 Å². The largest absolute Gasteiger partial charge is 0.388 e. The number of fused-ring (bicyclic) bond motifs is 2. The number of hydrogen-bond donors (Lipinski definition) is 3. The van der Waals surface area contributed by atoms with E-state index < -0.39 is 23.4 Å². The van der Waals surface area contributed by atoms with Crippen LogP contribution in [-0.2, 0) is 14.4 Å². The Morgan fingerprint density at radius 1 is 1.31 bits per heavy atom. The van der Waals surface area contributed by atoms with Gasteiger partial charge in [0.1, 0.15) is 13.1 Å². The Bertz CT molecular complexity index is 635. The van der Waals surface area contributed by atoms with Gasteiger partial charge in [0.05, 0.1) is 5.60 Å². The van der Waals surface area contributed by atoms with E-state index in [9.17, 15) is 24.3 Å². The highest BCUT2D eigenvalue weighted by Gasteiger charge is 2.49. The first-order valence-electron chi connectivity index (χ1n) is 8.81. The number of carbonyl (C=O) groups excluding carboxylic acids is 4. The predicted molar refractivity (Wildman–Crippen MR) is 90.8 cm³/mol. The predicted octanol–water partition coefficient (Wildman–Crippen LogP) is -0.885. The van der Waals surface area contributed by atoms with Crippen molar-refractivity contribution in [2.75, 3.05) is 19.6 Å². The number of rotatable bonds is 6. The van der Waals surface area contributed by atoms with Crippen molar-refractivity contribution in [3.8, 4) is 0 Å². The van der Waals surface area contributed by atoms with E-state index in [1.165, 1.54) is 0 Å². The third-order valence-electron chi connectivity index (χ3n) is 5.28. The van der Waals surface area contributed by atoms with Gasteiger partial charge < -0.3 is 20.2 Å². The van der Waals surface area contributed by atoms with Crippen molar-refractivity contribution in [3.05, 3.63) is 12.7 Å². The molecule has 0 aromatic carbocycles. The minimum atomic E-state index is -1.07. The maximum atomic E-state index is 12.2. The Hall–Kier alpha value is -2.42. The molecule has 9 heteroatoms. The Labute approximate surface area is 151 Å². The fraction of sp³-hybridized carbons (Fsp3) is 0.647. The summed E-state index contributed by atoms with van der Waals surface area (Å²) in [5.41, 5.74) is -1.07. The molecule has 1 unspecified atom stereocenters. The van der Waals surface area contributed by atoms with Crippen molar-refractivity contribution >= 4 is 23.8 Å². The van der Waals surface area contributed by atoms with Crippen molar-refractivity contribution in [3.63, 3.8) is 0 Å². The summed E-state index contributed by atoms with van der Waals surface area (Å²) < 4.78 is 0. The van der Waals surface area contributed by atoms with Crippen LogP contribution in [0.25, 0.3) is 0 Å². The van der Waals surface area contributed by atoms with Gasteiger partial charge in [0, 0.05) is 25.0 Å². The normalized spacial score (nSPS) is 30.3. The van der Waals surface area contributed by atoms with Crippen molar-refractivity contribution in [1.82, 2.24) is 20.4 Å². The minimum absolute atomic E-state index is 0.0231. The summed E-state index contributed by atoms with van der Waals surface area (Å²) in [6.45, 7) is 3.29. The summed E-state index contributed by atoms with van der Waals surface area (Å²) in [7, 11) is 0. The molecular formula is C17H24N4O5. The molecule has 0 aromatic rings. The van der Waals surface area contributed by atoms with Crippen LogP contribution in [0.3, 0.4) is 0 Å². The highest BCUT2D eigenvalue weighted by molar-refractivity contribution is 6.03. The topological polar surface area (TPSA) is 119 Å². The van der Waals surface area contributed by atoms with Crippen LogP contribution in [0.5, 0.6) is 0 Å². The molecule has 3 N–H and O–H groups in total. The number of aliphatic hydroxyl groups is 1. The van der Waals surface area contributed by atoms with Crippen molar-refractivity contribution in [2.45, 2.75) is 49.8 Å². The van der Waals surface area contributed by atoms with Gasteiger partial charge in [0.25, 0.3) is 0 Å². The number of urea groups is 1. The van der Waals surface area contributed by atoms with Crippen molar-refractivity contribution < 1.29 is 24.3 Å². The van der Waals surface area contributed by atoms with Gasteiger partial charge in [-0.25, -0.2) is 4.79 Å². The number of amides is 5. The third kappa shape index (κ3) is 3.72. The standard InChI is InChI=1S/C17H24N4O5/c1-2-3-15(24)21-11-4-5-12(21)7-17(26,6-11)10-18-13(22)8-20-9-14(23)19-16(20)25/h2,11-12,26H,1,3-10H2,(H,18,22)(H,19,23,25)/t11-,12+,17?. The van der Waals surface area contributed by atoms with Gasteiger partial charge in [-0.15, -0.1) is 6.58 Å². The molecule has 9 nitrogen and oxygen atoms in total. The fourth-order valence-corrected chi connectivity index (χ4v) is 4.21. The van der Waals surface area contributed by atoms with Gasteiger partial charge in [0.15, 0.2) is 0 Å². The van der Waals surface area contributed by atoms with Crippen molar-refractivity contribution in [2.24, 2.45) is 0 Å². The summed E-state index contributed by atoms with van der Waals surface area (Å²) in [4.78, 5) is 49.8. The van der Waals surface area contributed by atoms with Crippen LogP contribution in [0.1, 0.15) is 32.1 Å². The molecule has 3 saturated heterocycles. The number of hydrogen-bond acceptors (Lipinski definition) is 5. The van der Waals surface area contributed by atoms with E-state index in [2.05, 4.69) is 17.2 Å². The van der Waals surface area contributed by atoms with Crippen LogP contribution in [0.4, 0.5) is 4.79 Å². The first-order valence-corrected chi connectivity index (χ1v) is 8.81. The van der Waals surface area contributed by atoms with Gasteiger partial charge in [-0.1, -0.05) is 6.08 Å². The SMILES string of the molecule is C=CCC(=O)N1[C@@H]2CC[C@H]1CC(O)(CNC(=O)CN1CC(=O)NC1=O)C2. The molecule has 26 heavy (non-hydrogen) atoms. The van der Waals surface area contributed by atoms with E-state index in [4.69, 9.17) is 0 Å². The highest BCUT2D eigenvalue weighted by Crippen LogP contribution is 2.40. The quantitative estimate of drug-likeness (QED) is 0.417. The number of nitrogens with one attached hydrogen (secondary N) is 2. The highest BCUT2D eigenvalue weighted by atomic mass is 16.3. The average Bonchev–Trinajstić information content (AvgIpc) is 3.03. The molecule has 3 heterocycles. The molecule has 3 aliphatic rings. The molecule has 3 atom stereocenters. The lowest BCUT2D eigenvalue weighted by Crippen LogP contribution is -2.57. The third-order valence-corrected chi connectivity index (χ3v) is 5.28. The molecule has 142 valence electrons. The number of carbonyl (C=O) groups is 4. The number of imide groups is 1. The van der Waals surface area contributed by atoms with Gasteiger partial charge in [-0.3, -0.25) is 19.7 Å². The minimum Gasteiger partial charge on any atom is -0.388 e. The van der Waals surface area contributed by atoms with Crippen LogP contribution >= 0.6 is 0 Å². The van der Waals surface area contributed by atoms with Crippen molar-refractivity contribution in [1.29, 1.82) is 0 Å². The lowest BCUT2D eigenvalue weighted by atomic mass is 9.85. The molecule has 0 radical (unpaired) electrons. The molecule has 0 aromatic heterocycles. The molecule has 3 rings (SSSR count). The number of nitrogens with zero attached hydrogens (tertiary/aromatic N) is 2. The van der Waals surface area contributed by atoms with E-state index in [1.54, 1.807) is 6.08 Å². The van der Waals surface area contributed by atoms with E-state index in [1.807, 2.05) is 4.90 Å². The van der Waals surface area contributed by atoms with Gasteiger partial charge in [-0.05, 0) is 25.7 Å². The lowest BCUT2D eigenvalue weighted by molar-refractivity contribution is -0.141.